The fourth-order valence-electron chi connectivity index (χ4n) is 5.77. The van der Waals surface area contributed by atoms with Crippen molar-refractivity contribution in [2.24, 2.45) is 0 Å². The lowest BCUT2D eigenvalue weighted by Gasteiger charge is -2.24. The van der Waals surface area contributed by atoms with Gasteiger partial charge in [-0.1, -0.05) is 154 Å². The van der Waals surface area contributed by atoms with Gasteiger partial charge in [0.05, 0.1) is 27.7 Å². The minimum absolute atomic E-state index is 0.0239. The Morgan fingerprint density at radius 2 is 1.10 bits per heavy atom. The summed E-state index contributed by atoms with van der Waals surface area (Å²) in [6.07, 6.45) is 32.2. The second-order valence-electron chi connectivity index (χ2n) is 15.6. The Labute approximate surface area is 322 Å². The van der Waals surface area contributed by atoms with Crippen molar-refractivity contribution in [3.05, 3.63) is 12.2 Å². The summed E-state index contributed by atoms with van der Waals surface area (Å²) in [4.78, 5) is 35.3. The van der Waals surface area contributed by atoms with Crippen LogP contribution in [-0.4, -0.2) is 74.9 Å². The molecule has 0 aliphatic carbocycles. The van der Waals surface area contributed by atoms with E-state index in [1.165, 1.54) is 89.9 Å². The van der Waals surface area contributed by atoms with Crippen molar-refractivity contribution in [2.75, 3.05) is 47.5 Å². The summed E-state index contributed by atoms with van der Waals surface area (Å²) in [5.41, 5.74) is 0. The van der Waals surface area contributed by atoms with Crippen LogP contribution in [0, 0.1) is 0 Å². The van der Waals surface area contributed by atoms with E-state index >= 15 is 0 Å². The van der Waals surface area contributed by atoms with E-state index in [2.05, 4.69) is 19.9 Å². The third-order valence-corrected chi connectivity index (χ3v) is 10.1. The Morgan fingerprint density at radius 3 is 1.62 bits per heavy atom. The summed E-state index contributed by atoms with van der Waals surface area (Å²) in [5.74, 6) is -0.833. The van der Waals surface area contributed by atoms with E-state index in [0.717, 1.165) is 64.2 Å². The standard InChI is InChI=1S/C42H82NO8P/c1-6-8-10-12-14-16-18-20-21-23-25-27-29-31-33-35-42(45)51-40(39-50-52(46,47)49-37-36-43(3,4)5)38-48-41(44)34-32-30-28-26-24-22-19-17-15-13-11-9-7-2/h20-21,40H,6-19,22-39H2,1-5H3/p+1/b21-20-/t40-/m1/s1/i18D,20+1/t18?,40-. The average Bonchev–Trinajstić information content (AvgIpc) is 3.10. The van der Waals surface area contributed by atoms with E-state index in [-0.39, 0.29) is 38.4 Å². The number of esters is 2. The lowest BCUT2D eigenvalue weighted by atomic mass is 10.0. The molecule has 0 amide bonds. The van der Waals surface area contributed by atoms with Crippen molar-refractivity contribution in [3.63, 3.8) is 0 Å². The number of hydrogen-bond acceptors (Lipinski definition) is 7. The minimum atomic E-state index is -4.38. The molecular weight excluding hydrogens is 678 g/mol. The molecule has 0 saturated heterocycles. The molecule has 10 heteroatoms. The van der Waals surface area contributed by atoms with Crippen LogP contribution in [0.25, 0.3) is 0 Å². The largest absolute Gasteiger partial charge is 0.472 e. The van der Waals surface area contributed by atoms with Crippen LogP contribution in [-0.2, 0) is 32.7 Å². The number of nitrogens with zero attached hydrogens (tertiary/aromatic N) is 1. The molecule has 0 aromatic carbocycles. The molecule has 52 heavy (non-hydrogen) atoms. The molecule has 0 heterocycles. The summed E-state index contributed by atoms with van der Waals surface area (Å²) < 4.78 is 42.4. The summed E-state index contributed by atoms with van der Waals surface area (Å²) in [6, 6.07) is 0. The van der Waals surface area contributed by atoms with Crippen molar-refractivity contribution in [3.8, 4) is 0 Å². The Hall–Kier alpha value is -1.25. The molecular formula is C42H83NO8P+. The van der Waals surface area contributed by atoms with Crippen LogP contribution in [0.15, 0.2) is 12.2 Å². The SMILES string of the molecule is [2H]C(CCCCCCC)/[13CH]=C\CCCCCCCC(=O)O[C@H](COC(=O)CCCCCCCCCCCCCCC)COP(=O)(O)OCC[N+](C)(C)C. The third kappa shape index (κ3) is 38.5. The molecule has 9 nitrogen and oxygen atoms in total. The summed E-state index contributed by atoms with van der Waals surface area (Å²) in [5, 5.41) is 0. The number of carbonyl (C=O) groups excluding carboxylic acids is 2. The first-order valence-electron chi connectivity index (χ1n) is 21.8. The smallest absolute Gasteiger partial charge is 0.462 e. The maximum Gasteiger partial charge on any atom is 0.472 e. The summed E-state index contributed by atoms with van der Waals surface area (Å²) in [6.45, 7) is 4.33. The molecule has 0 spiro atoms. The molecule has 0 aliphatic heterocycles. The number of unbranched alkanes of at least 4 members (excludes halogenated alkanes) is 21. The van der Waals surface area contributed by atoms with Gasteiger partial charge >= 0.3 is 19.8 Å². The van der Waals surface area contributed by atoms with Gasteiger partial charge in [0, 0.05) is 14.2 Å². The van der Waals surface area contributed by atoms with E-state index in [1.54, 1.807) is 0 Å². The van der Waals surface area contributed by atoms with Gasteiger partial charge in [0.2, 0.25) is 0 Å². The van der Waals surface area contributed by atoms with Crippen LogP contribution in [0.3, 0.4) is 0 Å². The van der Waals surface area contributed by atoms with Gasteiger partial charge in [-0.2, -0.15) is 0 Å². The van der Waals surface area contributed by atoms with E-state index in [1.807, 2.05) is 27.2 Å². The highest BCUT2D eigenvalue weighted by atomic mass is 31.2. The second kappa shape index (κ2) is 35.5. The van der Waals surface area contributed by atoms with Gasteiger partial charge in [-0.3, -0.25) is 18.6 Å². The minimum Gasteiger partial charge on any atom is -0.462 e. The van der Waals surface area contributed by atoms with Gasteiger partial charge in [-0.05, 0) is 38.5 Å². The van der Waals surface area contributed by atoms with Crippen molar-refractivity contribution < 1.29 is 43.4 Å². The lowest BCUT2D eigenvalue weighted by molar-refractivity contribution is -0.870. The molecule has 0 rings (SSSR count). The van der Waals surface area contributed by atoms with Crippen LogP contribution in [0.5, 0.6) is 0 Å². The molecule has 0 bridgehead atoms. The normalized spacial score (nSPS) is 14.6. The van der Waals surface area contributed by atoms with E-state index in [0.29, 0.717) is 17.4 Å². The quantitative estimate of drug-likeness (QED) is 0.0165. The number of ether oxygens (including phenoxy) is 2. The maximum absolute atomic E-state index is 12.7. The first kappa shape index (κ1) is 48.8. The number of likely N-dealkylation sites (N-methyl/N-ethyl adjacent to an activating group) is 1. The predicted molar refractivity (Wildman–Crippen MR) is 215 cm³/mol. The number of quaternary nitrogens is 1. The summed E-state index contributed by atoms with van der Waals surface area (Å²) in [7, 11) is 1.45. The van der Waals surface area contributed by atoms with Gasteiger partial charge in [-0.15, -0.1) is 0 Å². The molecule has 1 N–H and O–H groups in total. The lowest BCUT2D eigenvalue weighted by Crippen LogP contribution is -2.37. The number of carbonyl (C=O) groups is 2. The molecule has 0 saturated carbocycles. The molecule has 0 aromatic heterocycles. The van der Waals surface area contributed by atoms with Crippen LogP contribution in [0.4, 0.5) is 0 Å². The Balaban J connectivity index is 4.43. The van der Waals surface area contributed by atoms with Gasteiger partial charge in [0.25, 0.3) is 0 Å². The van der Waals surface area contributed by atoms with Gasteiger partial charge in [-0.25, -0.2) is 4.57 Å². The van der Waals surface area contributed by atoms with Crippen LogP contribution >= 0.6 is 7.82 Å². The molecule has 308 valence electrons. The molecule has 0 fully saturated rings. The van der Waals surface area contributed by atoms with Gasteiger partial charge in [0.1, 0.15) is 19.8 Å². The fraction of sp³-hybridized carbons (Fsp3) is 0.905. The third-order valence-electron chi connectivity index (χ3n) is 9.15. The summed E-state index contributed by atoms with van der Waals surface area (Å²) >= 11 is 0. The monoisotopic (exact) mass is 763 g/mol. The van der Waals surface area contributed by atoms with Gasteiger partial charge < -0.3 is 18.9 Å². The first-order valence-corrected chi connectivity index (χ1v) is 22.7. The average molecular weight is 763 g/mol. The Bertz CT molecular complexity index is 945. The topological polar surface area (TPSA) is 108 Å². The van der Waals surface area contributed by atoms with Crippen molar-refractivity contribution >= 4 is 19.8 Å². The number of phosphoric acid groups is 1. The number of allylic oxidation sites excluding steroid dienone is 2. The second-order valence-corrected chi connectivity index (χ2v) is 17.0. The highest BCUT2D eigenvalue weighted by Crippen LogP contribution is 2.43. The molecule has 0 radical (unpaired) electrons. The number of rotatable bonds is 39. The molecule has 0 aromatic rings. The van der Waals surface area contributed by atoms with E-state index < -0.39 is 26.5 Å². The maximum atomic E-state index is 12.7. The van der Waals surface area contributed by atoms with E-state index in [9.17, 15) is 19.0 Å². The first-order chi connectivity index (χ1) is 25.4. The zero-order valence-electron chi connectivity index (χ0n) is 35.4. The van der Waals surface area contributed by atoms with Crippen LogP contribution in [0.2, 0.25) is 0 Å². The Morgan fingerprint density at radius 1 is 0.635 bits per heavy atom. The van der Waals surface area contributed by atoms with Crippen molar-refractivity contribution in [1.82, 2.24) is 0 Å². The number of hydrogen-bond donors (Lipinski definition) is 1. The van der Waals surface area contributed by atoms with Crippen molar-refractivity contribution in [2.45, 2.75) is 200 Å². The predicted octanol–water partition coefficient (Wildman–Crippen LogP) is 11.8. The Kier molecular flexibility index (Phi) is 33.2. The molecule has 3 atom stereocenters. The number of phosphoric ester groups is 1. The van der Waals surface area contributed by atoms with Crippen LogP contribution in [0.1, 0.15) is 195 Å². The fourth-order valence-corrected chi connectivity index (χ4v) is 6.51. The zero-order chi connectivity index (χ0) is 39.5. The molecule has 2 unspecified atom stereocenters. The van der Waals surface area contributed by atoms with Crippen LogP contribution < -0.4 is 0 Å². The zero-order valence-corrected chi connectivity index (χ0v) is 35.3. The highest BCUT2D eigenvalue weighted by Gasteiger charge is 2.27. The molecule has 0 aliphatic rings. The van der Waals surface area contributed by atoms with E-state index in [4.69, 9.17) is 19.9 Å². The van der Waals surface area contributed by atoms with Gasteiger partial charge in [0.15, 0.2) is 6.10 Å². The van der Waals surface area contributed by atoms with Crippen molar-refractivity contribution in [1.29, 1.82) is 0 Å². The highest BCUT2D eigenvalue weighted by molar-refractivity contribution is 7.47.